The van der Waals surface area contributed by atoms with Gasteiger partial charge in [0.15, 0.2) is 11.5 Å². The number of benzene rings is 3. The maximum atomic E-state index is 13.1. The van der Waals surface area contributed by atoms with Gasteiger partial charge >= 0.3 is 6.36 Å². The standard InChI is InChI=1S/C24H16BrF3N2O5/c25-18-12-21-20(33-13-34-21)11-15(18)10-19(30-22(31)14-4-2-1-3-5-14)23(32)29-16-6-8-17(9-7-16)35-24(26,27)28/h1-12H,13H2,(H,29,32)(H,30,31). The lowest BCUT2D eigenvalue weighted by Gasteiger charge is -2.13. The van der Waals surface area contributed by atoms with Crippen LogP contribution in [0.4, 0.5) is 18.9 Å². The van der Waals surface area contributed by atoms with Crippen LogP contribution in [0, 0.1) is 0 Å². The van der Waals surface area contributed by atoms with Gasteiger partial charge in [-0.15, -0.1) is 13.2 Å². The summed E-state index contributed by atoms with van der Waals surface area (Å²) in [5.41, 5.74) is 0.912. The first-order valence-corrected chi connectivity index (χ1v) is 10.8. The number of nitrogens with one attached hydrogen (secondary N) is 2. The van der Waals surface area contributed by atoms with Gasteiger partial charge < -0.3 is 24.8 Å². The van der Waals surface area contributed by atoms with E-state index in [4.69, 9.17) is 9.47 Å². The van der Waals surface area contributed by atoms with Crippen molar-refractivity contribution in [2.24, 2.45) is 0 Å². The molecule has 0 aromatic heterocycles. The maximum absolute atomic E-state index is 13.1. The Balaban J connectivity index is 1.60. The van der Waals surface area contributed by atoms with Crippen LogP contribution in [0.15, 0.2) is 76.9 Å². The van der Waals surface area contributed by atoms with Crippen LogP contribution in [0.2, 0.25) is 0 Å². The van der Waals surface area contributed by atoms with Crippen LogP contribution in [-0.4, -0.2) is 25.0 Å². The SMILES string of the molecule is O=C(Nc1ccc(OC(F)(F)F)cc1)C(=Cc1cc2c(cc1Br)OCO2)NC(=O)c1ccccc1. The summed E-state index contributed by atoms with van der Waals surface area (Å²) in [5.74, 6) is -0.683. The summed E-state index contributed by atoms with van der Waals surface area (Å²) in [4.78, 5) is 25.8. The molecule has 3 aromatic rings. The minimum absolute atomic E-state index is 0.0566. The highest BCUT2D eigenvalue weighted by Crippen LogP contribution is 2.37. The molecule has 0 spiro atoms. The highest BCUT2D eigenvalue weighted by Gasteiger charge is 2.31. The molecule has 180 valence electrons. The number of carbonyl (C=O) groups excluding carboxylic acids is 2. The number of anilines is 1. The third-order valence-corrected chi connectivity index (χ3v) is 5.35. The maximum Gasteiger partial charge on any atom is 0.573 e. The zero-order valence-corrected chi connectivity index (χ0v) is 19.3. The van der Waals surface area contributed by atoms with E-state index in [0.29, 0.717) is 27.1 Å². The minimum atomic E-state index is -4.83. The molecule has 4 rings (SSSR count). The number of ether oxygens (including phenoxy) is 3. The highest BCUT2D eigenvalue weighted by atomic mass is 79.9. The highest BCUT2D eigenvalue weighted by molar-refractivity contribution is 9.10. The van der Waals surface area contributed by atoms with Gasteiger partial charge in [0.25, 0.3) is 11.8 Å². The molecule has 0 saturated heterocycles. The average Bonchev–Trinajstić information content (AvgIpc) is 3.26. The number of alkyl halides is 3. The van der Waals surface area contributed by atoms with Crippen LogP contribution in [0.5, 0.6) is 17.2 Å². The van der Waals surface area contributed by atoms with Crippen molar-refractivity contribution in [3.63, 3.8) is 0 Å². The Kier molecular flexibility index (Phi) is 6.97. The monoisotopic (exact) mass is 548 g/mol. The summed E-state index contributed by atoms with van der Waals surface area (Å²) < 4.78 is 52.3. The van der Waals surface area contributed by atoms with Gasteiger partial charge in [0, 0.05) is 15.7 Å². The van der Waals surface area contributed by atoms with Crippen molar-refractivity contribution < 1.29 is 37.0 Å². The second-order valence-corrected chi connectivity index (χ2v) is 7.99. The Hall–Kier alpha value is -3.99. The largest absolute Gasteiger partial charge is 0.573 e. The lowest BCUT2D eigenvalue weighted by molar-refractivity contribution is -0.274. The number of halogens is 4. The van der Waals surface area contributed by atoms with Crippen molar-refractivity contribution in [1.82, 2.24) is 5.32 Å². The first-order valence-electron chi connectivity index (χ1n) is 10.0. The van der Waals surface area contributed by atoms with Gasteiger partial charge in [-0.25, -0.2) is 0 Å². The van der Waals surface area contributed by atoms with Gasteiger partial charge in [0.05, 0.1) is 0 Å². The molecule has 7 nitrogen and oxygen atoms in total. The molecule has 0 aliphatic carbocycles. The molecule has 2 amide bonds. The molecule has 35 heavy (non-hydrogen) atoms. The Morgan fingerprint density at radius 1 is 0.971 bits per heavy atom. The van der Waals surface area contributed by atoms with Crippen LogP contribution < -0.4 is 24.8 Å². The van der Waals surface area contributed by atoms with Gasteiger partial charge in [-0.1, -0.05) is 34.1 Å². The fourth-order valence-electron chi connectivity index (χ4n) is 3.08. The van der Waals surface area contributed by atoms with Crippen LogP contribution in [0.1, 0.15) is 15.9 Å². The van der Waals surface area contributed by atoms with Crippen molar-refractivity contribution >= 4 is 39.5 Å². The van der Waals surface area contributed by atoms with E-state index in [1.807, 2.05) is 0 Å². The minimum Gasteiger partial charge on any atom is -0.454 e. The van der Waals surface area contributed by atoms with Gasteiger partial charge in [-0.3, -0.25) is 9.59 Å². The summed E-state index contributed by atoms with van der Waals surface area (Å²) in [7, 11) is 0. The number of fused-ring (bicyclic) bond motifs is 1. The Morgan fingerprint density at radius 2 is 1.63 bits per heavy atom. The van der Waals surface area contributed by atoms with Crippen LogP contribution >= 0.6 is 15.9 Å². The number of rotatable bonds is 6. The Labute approximate surface area is 205 Å². The lowest BCUT2D eigenvalue weighted by Crippen LogP contribution is -2.30. The second-order valence-electron chi connectivity index (χ2n) is 7.13. The summed E-state index contributed by atoms with van der Waals surface area (Å²) in [6.45, 7) is 0.0566. The summed E-state index contributed by atoms with van der Waals surface area (Å²) in [6, 6.07) is 16.2. The van der Waals surface area contributed by atoms with E-state index in [9.17, 15) is 22.8 Å². The summed E-state index contributed by atoms with van der Waals surface area (Å²) >= 11 is 3.41. The van der Waals surface area contributed by atoms with E-state index in [-0.39, 0.29) is 18.2 Å². The molecule has 0 atom stereocenters. The molecular weight excluding hydrogens is 533 g/mol. The van der Waals surface area contributed by atoms with E-state index < -0.39 is 23.9 Å². The molecule has 3 aromatic carbocycles. The fraction of sp³-hybridized carbons (Fsp3) is 0.0833. The molecule has 2 N–H and O–H groups in total. The van der Waals surface area contributed by atoms with E-state index in [2.05, 4.69) is 31.3 Å². The van der Waals surface area contributed by atoms with Crippen molar-refractivity contribution in [3.8, 4) is 17.2 Å². The Morgan fingerprint density at radius 3 is 2.29 bits per heavy atom. The zero-order chi connectivity index (χ0) is 25.0. The number of hydrogen-bond acceptors (Lipinski definition) is 5. The topological polar surface area (TPSA) is 85.9 Å². The third kappa shape index (κ3) is 6.33. The number of amides is 2. The van der Waals surface area contributed by atoms with Crippen molar-refractivity contribution in [2.45, 2.75) is 6.36 Å². The van der Waals surface area contributed by atoms with Crippen molar-refractivity contribution in [2.75, 3.05) is 12.1 Å². The van der Waals surface area contributed by atoms with Crippen LogP contribution in [-0.2, 0) is 4.79 Å². The van der Waals surface area contributed by atoms with Crippen molar-refractivity contribution in [3.05, 3.63) is 88.0 Å². The van der Waals surface area contributed by atoms with E-state index in [0.717, 1.165) is 12.1 Å². The molecule has 1 aliphatic heterocycles. The molecule has 1 aliphatic rings. The zero-order valence-electron chi connectivity index (χ0n) is 17.7. The molecule has 0 fully saturated rings. The summed E-state index contributed by atoms with van der Waals surface area (Å²) in [6.07, 6.45) is -3.40. The second kappa shape index (κ2) is 10.1. The van der Waals surface area contributed by atoms with E-state index in [1.165, 1.54) is 18.2 Å². The normalized spacial score (nSPS) is 12.7. The smallest absolute Gasteiger partial charge is 0.454 e. The average molecular weight is 549 g/mol. The van der Waals surface area contributed by atoms with E-state index >= 15 is 0 Å². The predicted octanol–water partition coefficient (Wildman–Crippen LogP) is 5.49. The number of carbonyl (C=O) groups is 2. The Bertz CT molecular complexity index is 1280. The predicted molar refractivity (Wildman–Crippen MR) is 124 cm³/mol. The molecule has 0 radical (unpaired) electrons. The van der Waals surface area contributed by atoms with Gasteiger partial charge in [0.1, 0.15) is 11.4 Å². The molecule has 0 saturated carbocycles. The van der Waals surface area contributed by atoms with Gasteiger partial charge in [0.2, 0.25) is 6.79 Å². The van der Waals surface area contributed by atoms with E-state index in [1.54, 1.807) is 42.5 Å². The first kappa shape index (κ1) is 24.1. The third-order valence-electron chi connectivity index (χ3n) is 4.67. The molecular formula is C24H16BrF3N2O5. The molecule has 0 unspecified atom stereocenters. The molecule has 1 heterocycles. The number of hydrogen-bond donors (Lipinski definition) is 2. The molecule has 11 heteroatoms. The fourth-order valence-corrected chi connectivity index (χ4v) is 3.52. The van der Waals surface area contributed by atoms with Crippen molar-refractivity contribution in [1.29, 1.82) is 0 Å². The van der Waals surface area contributed by atoms with Gasteiger partial charge in [-0.2, -0.15) is 0 Å². The first-order chi connectivity index (χ1) is 16.7. The quantitative estimate of drug-likeness (QED) is 0.398. The summed E-state index contributed by atoms with van der Waals surface area (Å²) in [5, 5.41) is 5.13. The van der Waals surface area contributed by atoms with Crippen LogP contribution in [0.25, 0.3) is 6.08 Å². The van der Waals surface area contributed by atoms with Crippen LogP contribution in [0.3, 0.4) is 0 Å². The lowest BCUT2D eigenvalue weighted by atomic mass is 10.1. The molecule has 0 bridgehead atoms. The van der Waals surface area contributed by atoms with Gasteiger partial charge in [-0.05, 0) is 60.2 Å².